The van der Waals surface area contributed by atoms with E-state index in [1.807, 2.05) is 0 Å². The first-order valence-electron chi connectivity index (χ1n) is 8.28. The van der Waals surface area contributed by atoms with Crippen LogP contribution < -0.4 is 11.1 Å². The smallest absolute Gasteiger partial charge is 0.238 e. The fraction of sp³-hybridized carbons (Fsp3) is 0.722. The minimum atomic E-state index is -1.12. The molecule has 0 aromatic carbocycles. The molecule has 0 aromatic heterocycles. The van der Waals surface area contributed by atoms with Gasteiger partial charge >= 0.3 is 0 Å². The van der Waals surface area contributed by atoms with Gasteiger partial charge in [-0.2, -0.15) is 0 Å². The fourth-order valence-electron chi connectivity index (χ4n) is 3.08. The Kier molecular flexibility index (Phi) is 8.73. The molecule has 23 heavy (non-hydrogen) atoms. The van der Waals surface area contributed by atoms with Crippen molar-refractivity contribution in [1.82, 2.24) is 5.32 Å². The van der Waals surface area contributed by atoms with E-state index in [0.29, 0.717) is 12.3 Å². The maximum Gasteiger partial charge on any atom is 0.238 e. The van der Waals surface area contributed by atoms with Gasteiger partial charge in [-0.15, -0.1) is 24.7 Å². The summed E-state index contributed by atoms with van der Waals surface area (Å²) in [6.07, 6.45) is 14.6. The van der Waals surface area contributed by atoms with Gasteiger partial charge in [0.25, 0.3) is 0 Å². The summed E-state index contributed by atoms with van der Waals surface area (Å²) in [7, 11) is 0. The van der Waals surface area contributed by atoms with Crippen molar-refractivity contribution in [2.75, 3.05) is 0 Å². The molecular formula is C18H28N2O3. The van der Waals surface area contributed by atoms with Crippen LogP contribution in [0, 0.1) is 30.6 Å². The van der Waals surface area contributed by atoms with Gasteiger partial charge in [-0.25, -0.2) is 0 Å². The predicted molar refractivity (Wildman–Crippen MR) is 90.0 cm³/mol. The third kappa shape index (κ3) is 6.62. The van der Waals surface area contributed by atoms with Crippen LogP contribution in [0.1, 0.15) is 51.4 Å². The molecule has 1 aliphatic rings. The van der Waals surface area contributed by atoms with Crippen molar-refractivity contribution in [2.45, 2.75) is 75.7 Å². The highest BCUT2D eigenvalue weighted by Gasteiger charge is 2.31. The monoisotopic (exact) mass is 320 g/mol. The molecule has 5 heteroatoms. The molecule has 0 saturated heterocycles. The molecule has 1 saturated carbocycles. The summed E-state index contributed by atoms with van der Waals surface area (Å²) < 4.78 is 0. The number of nitrogens with two attached hydrogens (primary N) is 1. The number of carbonyl (C=O) groups excluding carboxylic acids is 1. The van der Waals surface area contributed by atoms with Gasteiger partial charge in [-0.3, -0.25) is 4.79 Å². The number of aliphatic hydroxyl groups is 2. The Morgan fingerprint density at radius 3 is 2.35 bits per heavy atom. The van der Waals surface area contributed by atoms with E-state index >= 15 is 0 Å². The second-order valence-corrected chi connectivity index (χ2v) is 6.34. The van der Waals surface area contributed by atoms with Gasteiger partial charge in [0.1, 0.15) is 6.10 Å². The number of hydrogen-bond donors (Lipinski definition) is 4. The lowest BCUT2D eigenvalue weighted by molar-refractivity contribution is -0.124. The first-order valence-corrected chi connectivity index (χ1v) is 8.28. The summed E-state index contributed by atoms with van der Waals surface area (Å²) in [6, 6.07) is -1.39. The lowest BCUT2D eigenvalue weighted by Crippen LogP contribution is -2.53. The van der Waals surface area contributed by atoms with E-state index in [0.717, 1.165) is 25.7 Å². The second-order valence-electron chi connectivity index (χ2n) is 6.34. The number of nitrogens with one attached hydrogen (secondary N) is 1. The summed E-state index contributed by atoms with van der Waals surface area (Å²) >= 11 is 0. The Morgan fingerprint density at radius 1 is 1.17 bits per heavy atom. The molecule has 0 aliphatic heterocycles. The summed E-state index contributed by atoms with van der Waals surface area (Å²) in [6.45, 7) is 0. The standard InChI is InChI=1S/C18H28N2O3/c1-3-8-14(19)18(23)20-15(17(22)16(21)9-4-2)12-13-10-6-5-7-11-13/h1-2,13-17,21-22H,5-12,19H2,(H,20,23)/t14-,15?,16-,17+/m0/s1. The molecule has 1 amide bonds. The van der Waals surface area contributed by atoms with Crippen molar-refractivity contribution < 1.29 is 15.0 Å². The van der Waals surface area contributed by atoms with Crippen LogP contribution in [0.3, 0.4) is 0 Å². The van der Waals surface area contributed by atoms with Crippen molar-refractivity contribution >= 4 is 5.91 Å². The van der Waals surface area contributed by atoms with Crippen molar-refractivity contribution in [3.05, 3.63) is 0 Å². The Bertz CT molecular complexity index is 446. The number of aliphatic hydroxyl groups excluding tert-OH is 2. The molecule has 1 rings (SSSR count). The highest BCUT2D eigenvalue weighted by Crippen LogP contribution is 2.28. The van der Waals surface area contributed by atoms with Crippen LogP contribution >= 0.6 is 0 Å². The zero-order valence-corrected chi connectivity index (χ0v) is 13.6. The predicted octanol–water partition coefficient (Wildman–Crippen LogP) is 0.537. The van der Waals surface area contributed by atoms with Crippen LogP contribution in [-0.4, -0.2) is 40.4 Å². The van der Waals surface area contributed by atoms with Gasteiger partial charge in [0, 0.05) is 12.8 Å². The third-order valence-corrected chi connectivity index (χ3v) is 4.45. The number of terminal acetylenes is 2. The molecule has 1 unspecified atom stereocenters. The Morgan fingerprint density at radius 2 is 1.78 bits per heavy atom. The molecule has 5 nitrogen and oxygen atoms in total. The average molecular weight is 320 g/mol. The lowest BCUT2D eigenvalue weighted by Gasteiger charge is -2.32. The van der Waals surface area contributed by atoms with E-state index in [2.05, 4.69) is 17.2 Å². The minimum absolute atomic E-state index is 0.0363. The first kappa shape index (κ1) is 19.5. The first-order chi connectivity index (χ1) is 11.0. The van der Waals surface area contributed by atoms with Gasteiger partial charge in [0.2, 0.25) is 5.91 Å². The quantitative estimate of drug-likeness (QED) is 0.491. The summed E-state index contributed by atoms with van der Waals surface area (Å²) in [5.41, 5.74) is 5.71. The van der Waals surface area contributed by atoms with Gasteiger partial charge < -0.3 is 21.3 Å². The van der Waals surface area contributed by atoms with Crippen LogP contribution in [-0.2, 0) is 4.79 Å². The Labute approximate surface area is 139 Å². The molecule has 0 aromatic rings. The zero-order valence-electron chi connectivity index (χ0n) is 13.6. The summed E-state index contributed by atoms with van der Waals surface area (Å²) in [4.78, 5) is 12.1. The maximum atomic E-state index is 12.1. The number of amides is 1. The van der Waals surface area contributed by atoms with E-state index in [4.69, 9.17) is 18.6 Å². The van der Waals surface area contributed by atoms with Gasteiger partial charge in [0.15, 0.2) is 0 Å². The molecule has 0 spiro atoms. The Balaban J connectivity index is 2.72. The molecule has 5 N–H and O–H groups in total. The number of rotatable bonds is 8. The van der Waals surface area contributed by atoms with Crippen molar-refractivity contribution in [2.24, 2.45) is 11.7 Å². The largest absolute Gasteiger partial charge is 0.389 e. The zero-order chi connectivity index (χ0) is 17.2. The van der Waals surface area contributed by atoms with Gasteiger partial charge in [-0.1, -0.05) is 32.1 Å². The third-order valence-electron chi connectivity index (χ3n) is 4.45. The van der Waals surface area contributed by atoms with Crippen LogP contribution in [0.2, 0.25) is 0 Å². The normalized spacial score (nSPS) is 20.6. The highest BCUT2D eigenvalue weighted by molar-refractivity contribution is 5.82. The van der Waals surface area contributed by atoms with Crippen LogP contribution in [0.4, 0.5) is 0 Å². The van der Waals surface area contributed by atoms with E-state index in [1.165, 1.54) is 6.42 Å². The SMILES string of the molecule is C#CC[C@H](N)C(=O)NC(CC1CCCCC1)[C@@H](O)[C@@H](O)CC#C. The van der Waals surface area contributed by atoms with Crippen molar-refractivity contribution in [3.8, 4) is 24.7 Å². The average Bonchev–Trinajstić information content (AvgIpc) is 2.54. The fourth-order valence-corrected chi connectivity index (χ4v) is 3.08. The molecule has 1 fully saturated rings. The summed E-state index contributed by atoms with van der Waals surface area (Å²) in [5, 5.41) is 23.1. The Hall–Kier alpha value is -1.53. The molecular weight excluding hydrogens is 292 g/mol. The molecule has 0 heterocycles. The molecule has 4 atom stereocenters. The van der Waals surface area contributed by atoms with Crippen LogP contribution in [0.15, 0.2) is 0 Å². The van der Waals surface area contributed by atoms with Gasteiger partial charge in [-0.05, 0) is 12.3 Å². The van der Waals surface area contributed by atoms with E-state index < -0.39 is 30.2 Å². The topological polar surface area (TPSA) is 95.6 Å². The van der Waals surface area contributed by atoms with E-state index in [9.17, 15) is 15.0 Å². The second kappa shape index (κ2) is 10.3. The van der Waals surface area contributed by atoms with Gasteiger partial charge in [0.05, 0.1) is 18.2 Å². The lowest BCUT2D eigenvalue weighted by atomic mass is 9.82. The maximum absolute atomic E-state index is 12.1. The minimum Gasteiger partial charge on any atom is -0.389 e. The van der Waals surface area contributed by atoms with Crippen LogP contribution in [0.5, 0.6) is 0 Å². The summed E-state index contributed by atoms with van der Waals surface area (Å²) in [5.74, 6) is 4.70. The number of hydrogen-bond acceptors (Lipinski definition) is 4. The molecule has 0 bridgehead atoms. The van der Waals surface area contributed by atoms with Crippen molar-refractivity contribution in [3.63, 3.8) is 0 Å². The molecule has 1 aliphatic carbocycles. The molecule has 0 radical (unpaired) electrons. The van der Waals surface area contributed by atoms with Crippen molar-refractivity contribution in [1.29, 1.82) is 0 Å². The highest BCUT2D eigenvalue weighted by atomic mass is 16.3. The van der Waals surface area contributed by atoms with E-state index in [1.54, 1.807) is 0 Å². The molecule has 128 valence electrons. The number of carbonyl (C=O) groups is 1. The van der Waals surface area contributed by atoms with E-state index in [-0.39, 0.29) is 12.8 Å². The van der Waals surface area contributed by atoms with Crippen LogP contribution in [0.25, 0.3) is 0 Å².